The van der Waals surface area contributed by atoms with Crippen molar-refractivity contribution in [1.29, 1.82) is 0 Å². The number of benzene rings is 1. The lowest BCUT2D eigenvalue weighted by molar-refractivity contribution is 0.129. The quantitative estimate of drug-likeness (QED) is 0.821. The molecule has 1 aliphatic rings. The van der Waals surface area contributed by atoms with Crippen molar-refractivity contribution in [2.45, 2.75) is 52.1 Å². The van der Waals surface area contributed by atoms with Gasteiger partial charge in [0.2, 0.25) is 0 Å². The van der Waals surface area contributed by atoms with E-state index in [9.17, 15) is 5.11 Å². The molecule has 2 atom stereocenters. The fraction of sp³-hybridized carbons (Fsp3) is 0.600. The summed E-state index contributed by atoms with van der Waals surface area (Å²) < 4.78 is 0. The zero-order valence-electron chi connectivity index (χ0n) is 10.6. The Morgan fingerprint density at radius 1 is 1.31 bits per heavy atom. The molecule has 1 aromatic rings. The van der Waals surface area contributed by atoms with Crippen LogP contribution in [0.25, 0.3) is 0 Å². The summed E-state index contributed by atoms with van der Waals surface area (Å²) in [5.41, 5.74) is 3.55. The largest absolute Gasteiger partial charge is 0.389 e. The Morgan fingerprint density at radius 3 is 2.69 bits per heavy atom. The van der Waals surface area contributed by atoms with Gasteiger partial charge in [-0.05, 0) is 49.3 Å². The van der Waals surface area contributed by atoms with E-state index in [4.69, 9.17) is 0 Å². The van der Waals surface area contributed by atoms with E-state index in [1.165, 1.54) is 29.5 Å². The lowest BCUT2D eigenvalue weighted by Crippen LogP contribution is -2.15. The second kappa shape index (κ2) is 4.21. The van der Waals surface area contributed by atoms with Gasteiger partial charge in [0.25, 0.3) is 0 Å². The minimum absolute atomic E-state index is 0.391. The smallest absolute Gasteiger partial charge is 0.0720 e. The van der Waals surface area contributed by atoms with Crippen LogP contribution in [0.15, 0.2) is 18.2 Å². The maximum Gasteiger partial charge on any atom is 0.0720 e. The third-order valence-electron chi connectivity index (χ3n) is 3.92. The van der Waals surface area contributed by atoms with Crippen LogP contribution in [0.1, 0.15) is 42.9 Å². The molecule has 16 heavy (non-hydrogen) atoms. The van der Waals surface area contributed by atoms with Gasteiger partial charge in [-0.3, -0.25) is 0 Å². The van der Waals surface area contributed by atoms with Crippen molar-refractivity contribution < 1.29 is 5.11 Å². The fourth-order valence-electron chi connectivity index (χ4n) is 2.57. The molecular formula is C15H22O. The topological polar surface area (TPSA) is 20.2 Å². The summed E-state index contributed by atoms with van der Waals surface area (Å²) in [4.78, 5) is 0. The van der Waals surface area contributed by atoms with E-state index < -0.39 is 5.60 Å². The SMILES string of the molecule is CCCC1CC1(O)Cc1ccc(C)c(C)c1. The summed E-state index contributed by atoms with van der Waals surface area (Å²) in [6.07, 6.45) is 4.17. The predicted molar refractivity (Wildman–Crippen MR) is 67.6 cm³/mol. The van der Waals surface area contributed by atoms with Gasteiger partial charge in [0, 0.05) is 6.42 Å². The molecule has 1 nitrogen and oxygen atoms in total. The van der Waals surface area contributed by atoms with Crippen LogP contribution in [-0.2, 0) is 6.42 Å². The van der Waals surface area contributed by atoms with Crippen LogP contribution in [0, 0.1) is 19.8 Å². The van der Waals surface area contributed by atoms with E-state index in [-0.39, 0.29) is 0 Å². The summed E-state index contributed by atoms with van der Waals surface area (Å²) in [5.74, 6) is 0.541. The molecule has 0 radical (unpaired) electrons. The summed E-state index contributed by atoms with van der Waals surface area (Å²) in [5, 5.41) is 10.3. The Bertz CT molecular complexity index is 383. The molecule has 1 heteroatoms. The van der Waals surface area contributed by atoms with Crippen LogP contribution in [-0.4, -0.2) is 10.7 Å². The van der Waals surface area contributed by atoms with E-state index in [1.54, 1.807) is 0 Å². The Balaban J connectivity index is 2.02. The first kappa shape index (κ1) is 11.7. The zero-order valence-corrected chi connectivity index (χ0v) is 10.6. The predicted octanol–water partition coefficient (Wildman–Crippen LogP) is 3.40. The highest BCUT2D eigenvalue weighted by atomic mass is 16.3. The Kier molecular flexibility index (Phi) is 3.07. The average molecular weight is 218 g/mol. The van der Waals surface area contributed by atoms with Gasteiger partial charge in [-0.15, -0.1) is 0 Å². The highest BCUT2D eigenvalue weighted by Crippen LogP contribution is 2.48. The van der Waals surface area contributed by atoms with E-state index in [0.29, 0.717) is 5.92 Å². The van der Waals surface area contributed by atoms with Gasteiger partial charge in [-0.25, -0.2) is 0 Å². The standard InChI is InChI=1S/C15H22O/c1-4-5-14-10-15(14,16)9-13-7-6-11(2)12(3)8-13/h6-8,14,16H,4-5,9-10H2,1-3H3. The average Bonchev–Trinajstić information content (AvgIpc) is 2.84. The molecule has 1 N–H and O–H groups in total. The molecule has 1 saturated carbocycles. The van der Waals surface area contributed by atoms with Gasteiger partial charge >= 0.3 is 0 Å². The molecule has 1 fully saturated rings. The molecule has 1 aliphatic carbocycles. The van der Waals surface area contributed by atoms with Crippen LogP contribution < -0.4 is 0 Å². The van der Waals surface area contributed by atoms with Crippen LogP contribution in [0.4, 0.5) is 0 Å². The van der Waals surface area contributed by atoms with E-state index in [2.05, 4.69) is 39.0 Å². The van der Waals surface area contributed by atoms with Crippen molar-refractivity contribution in [3.63, 3.8) is 0 Å². The summed E-state index contributed by atoms with van der Waals surface area (Å²) in [6.45, 7) is 6.46. The Morgan fingerprint density at radius 2 is 2.06 bits per heavy atom. The lowest BCUT2D eigenvalue weighted by atomic mass is 9.99. The number of hydrogen-bond donors (Lipinski definition) is 1. The minimum Gasteiger partial charge on any atom is -0.389 e. The fourth-order valence-corrected chi connectivity index (χ4v) is 2.57. The van der Waals surface area contributed by atoms with Crippen molar-refractivity contribution in [1.82, 2.24) is 0 Å². The van der Waals surface area contributed by atoms with Crippen molar-refractivity contribution in [3.8, 4) is 0 Å². The number of rotatable bonds is 4. The molecule has 0 saturated heterocycles. The molecule has 2 rings (SSSR count). The van der Waals surface area contributed by atoms with Crippen LogP contribution in [0.5, 0.6) is 0 Å². The Labute approximate surface area is 98.5 Å². The second-order valence-electron chi connectivity index (χ2n) is 5.39. The highest BCUT2D eigenvalue weighted by Gasteiger charge is 2.51. The highest BCUT2D eigenvalue weighted by molar-refractivity contribution is 5.31. The van der Waals surface area contributed by atoms with Crippen LogP contribution in [0.2, 0.25) is 0 Å². The maximum absolute atomic E-state index is 10.3. The lowest BCUT2D eigenvalue weighted by Gasteiger charge is -2.11. The van der Waals surface area contributed by atoms with E-state index in [1.807, 2.05) is 0 Å². The third kappa shape index (κ3) is 2.30. The minimum atomic E-state index is -0.391. The molecule has 0 bridgehead atoms. The molecule has 2 unspecified atom stereocenters. The summed E-state index contributed by atoms with van der Waals surface area (Å²) >= 11 is 0. The summed E-state index contributed by atoms with van der Waals surface area (Å²) in [7, 11) is 0. The first-order valence-corrected chi connectivity index (χ1v) is 6.33. The zero-order chi connectivity index (χ0) is 11.8. The molecule has 0 spiro atoms. The van der Waals surface area contributed by atoms with E-state index >= 15 is 0 Å². The molecule has 0 aromatic heterocycles. The maximum atomic E-state index is 10.3. The first-order chi connectivity index (χ1) is 7.55. The monoisotopic (exact) mass is 218 g/mol. The Hall–Kier alpha value is -0.820. The molecule has 1 aromatic carbocycles. The van der Waals surface area contributed by atoms with Gasteiger partial charge in [0.1, 0.15) is 0 Å². The molecular weight excluding hydrogens is 196 g/mol. The van der Waals surface area contributed by atoms with Gasteiger partial charge < -0.3 is 5.11 Å². The van der Waals surface area contributed by atoms with Crippen molar-refractivity contribution in [3.05, 3.63) is 34.9 Å². The van der Waals surface area contributed by atoms with Gasteiger partial charge in [0.15, 0.2) is 0 Å². The first-order valence-electron chi connectivity index (χ1n) is 6.33. The molecule has 0 heterocycles. The summed E-state index contributed by atoms with van der Waals surface area (Å²) in [6, 6.07) is 6.53. The van der Waals surface area contributed by atoms with Crippen LogP contribution >= 0.6 is 0 Å². The second-order valence-corrected chi connectivity index (χ2v) is 5.39. The normalized spacial score (nSPS) is 28.1. The molecule has 0 amide bonds. The van der Waals surface area contributed by atoms with Crippen molar-refractivity contribution in [2.24, 2.45) is 5.92 Å². The molecule has 0 aliphatic heterocycles. The third-order valence-corrected chi connectivity index (χ3v) is 3.92. The molecule has 88 valence electrons. The number of hydrogen-bond acceptors (Lipinski definition) is 1. The van der Waals surface area contributed by atoms with E-state index in [0.717, 1.165) is 12.8 Å². The van der Waals surface area contributed by atoms with Gasteiger partial charge in [-0.2, -0.15) is 0 Å². The van der Waals surface area contributed by atoms with Crippen molar-refractivity contribution in [2.75, 3.05) is 0 Å². The van der Waals surface area contributed by atoms with Crippen molar-refractivity contribution >= 4 is 0 Å². The number of aliphatic hydroxyl groups is 1. The van der Waals surface area contributed by atoms with Crippen LogP contribution in [0.3, 0.4) is 0 Å². The van der Waals surface area contributed by atoms with Gasteiger partial charge in [0.05, 0.1) is 5.60 Å². The van der Waals surface area contributed by atoms with Gasteiger partial charge in [-0.1, -0.05) is 31.5 Å². The number of aryl methyl sites for hydroxylation is 2.